The molecule has 1 fully saturated rings. The van der Waals surface area contributed by atoms with Gasteiger partial charge in [0.2, 0.25) is 0 Å². The van der Waals surface area contributed by atoms with Crippen molar-refractivity contribution in [3.63, 3.8) is 0 Å². The Labute approximate surface area is 196 Å². The molecule has 0 saturated heterocycles. The third kappa shape index (κ3) is 5.19. The molecule has 0 atom stereocenters. The molecular formula is C24H29N3O5S. The molecule has 1 saturated carbocycles. The van der Waals surface area contributed by atoms with E-state index in [9.17, 15) is 19.7 Å². The minimum Gasteiger partial charge on any atom is -0.462 e. The molecule has 8 nitrogen and oxygen atoms in total. The van der Waals surface area contributed by atoms with Gasteiger partial charge in [-0.1, -0.05) is 19.3 Å². The Kier molecular flexibility index (Phi) is 7.27. The van der Waals surface area contributed by atoms with Crippen LogP contribution in [0.2, 0.25) is 0 Å². The van der Waals surface area contributed by atoms with E-state index in [1.807, 2.05) is 0 Å². The molecule has 2 aromatic rings. The number of nitro benzene ring substituents is 1. The number of rotatable bonds is 7. The van der Waals surface area contributed by atoms with E-state index in [1.165, 1.54) is 29.9 Å². The maximum absolute atomic E-state index is 13.4. The molecule has 2 aliphatic carbocycles. The fourth-order valence-electron chi connectivity index (χ4n) is 4.67. The Morgan fingerprint density at radius 3 is 2.64 bits per heavy atom. The summed E-state index contributed by atoms with van der Waals surface area (Å²) in [4.78, 5) is 38.1. The van der Waals surface area contributed by atoms with Gasteiger partial charge in [-0.25, -0.2) is 4.79 Å². The molecular weight excluding hydrogens is 442 g/mol. The van der Waals surface area contributed by atoms with Crippen molar-refractivity contribution in [2.45, 2.75) is 70.8 Å². The van der Waals surface area contributed by atoms with E-state index < -0.39 is 16.8 Å². The normalized spacial score (nSPS) is 16.0. The average molecular weight is 472 g/mol. The van der Waals surface area contributed by atoms with Crippen LogP contribution in [-0.4, -0.2) is 29.4 Å². The number of aryl methyl sites for hydroxylation is 1. The van der Waals surface area contributed by atoms with E-state index in [-0.39, 0.29) is 23.9 Å². The molecule has 1 aromatic heterocycles. The number of hydrogen-bond acceptors (Lipinski definition) is 7. The number of carbonyl (C=O) groups is 2. The largest absolute Gasteiger partial charge is 0.462 e. The number of hydrogen-bond donors (Lipinski definition) is 2. The molecule has 33 heavy (non-hydrogen) atoms. The van der Waals surface area contributed by atoms with Gasteiger partial charge >= 0.3 is 5.97 Å². The first kappa shape index (κ1) is 23.2. The number of esters is 1. The molecule has 176 valence electrons. The van der Waals surface area contributed by atoms with E-state index in [0.29, 0.717) is 16.3 Å². The zero-order valence-corrected chi connectivity index (χ0v) is 19.6. The summed E-state index contributed by atoms with van der Waals surface area (Å²) in [6.07, 6.45) is 9.13. The maximum atomic E-state index is 13.4. The van der Waals surface area contributed by atoms with E-state index in [2.05, 4.69) is 10.6 Å². The van der Waals surface area contributed by atoms with Gasteiger partial charge in [-0.3, -0.25) is 14.9 Å². The lowest BCUT2D eigenvalue weighted by Crippen LogP contribution is -2.24. The Hall–Kier alpha value is -2.94. The topological polar surface area (TPSA) is 111 Å². The number of amides is 1. The van der Waals surface area contributed by atoms with Gasteiger partial charge in [-0.15, -0.1) is 11.3 Å². The van der Waals surface area contributed by atoms with Gasteiger partial charge in [0.1, 0.15) is 5.00 Å². The van der Waals surface area contributed by atoms with Crippen molar-refractivity contribution in [1.29, 1.82) is 0 Å². The highest BCUT2D eigenvalue weighted by molar-refractivity contribution is 7.17. The number of non-ortho nitro benzene ring substituents is 1. The number of benzene rings is 1. The van der Waals surface area contributed by atoms with Crippen LogP contribution in [0.4, 0.5) is 16.4 Å². The lowest BCUT2D eigenvalue weighted by atomic mass is 9.95. The molecule has 4 rings (SSSR count). The van der Waals surface area contributed by atoms with Crippen molar-refractivity contribution in [1.82, 2.24) is 0 Å². The highest BCUT2D eigenvalue weighted by Crippen LogP contribution is 2.39. The molecule has 1 amide bonds. The summed E-state index contributed by atoms with van der Waals surface area (Å²) in [5, 5.41) is 18.1. The van der Waals surface area contributed by atoms with Crippen LogP contribution in [-0.2, 0) is 17.6 Å². The van der Waals surface area contributed by atoms with E-state index >= 15 is 0 Å². The highest BCUT2D eigenvalue weighted by atomic mass is 32.1. The summed E-state index contributed by atoms with van der Waals surface area (Å²) < 4.78 is 5.27. The van der Waals surface area contributed by atoms with Crippen LogP contribution >= 0.6 is 11.3 Å². The van der Waals surface area contributed by atoms with Crippen molar-refractivity contribution in [3.05, 3.63) is 49.9 Å². The van der Waals surface area contributed by atoms with Gasteiger partial charge in [0.15, 0.2) is 0 Å². The molecule has 0 unspecified atom stereocenters. The van der Waals surface area contributed by atoms with Crippen molar-refractivity contribution in [3.8, 4) is 0 Å². The van der Waals surface area contributed by atoms with Crippen LogP contribution in [0.1, 0.15) is 83.0 Å². The molecule has 1 heterocycles. The summed E-state index contributed by atoms with van der Waals surface area (Å²) in [7, 11) is 0. The Morgan fingerprint density at radius 1 is 1.15 bits per heavy atom. The average Bonchev–Trinajstić information content (AvgIpc) is 3.17. The molecule has 2 aliphatic rings. The lowest BCUT2D eigenvalue weighted by Gasteiger charge is -2.25. The van der Waals surface area contributed by atoms with Crippen LogP contribution in [0.25, 0.3) is 0 Å². The molecule has 0 aliphatic heterocycles. The zero-order chi connectivity index (χ0) is 23.4. The summed E-state index contributed by atoms with van der Waals surface area (Å²) in [6.45, 7) is 2.00. The van der Waals surface area contributed by atoms with Gasteiger partial charge in [-0.2, -0.15) is 0 Å². The third-order valence-electron chi connectivity index (χ3n) is 6.30. The number of nitrogens with one attached hydrogen (secondary N) is 2. The number of anilines is 2. The van der Waals surface area contributed by atoms with Crippen LogP contribution in [0.15, 0.2) is 18.2 Å². The number of nitro groups is 1. The first-order valence-corrected chi connectivity index (χ1v) is 12.5. The summed E-state index contributed by atoms with van der Waals surface area (Å²) in [5.41, 5.74) is 2.02. The third-order valence-corrected chi connectivity index (χ3v) is 7.51. The van der Waals surface area contributed by atoms with Crippen molar-refractivity contribution in [2.24, 2.45) is 0 Å². The monoisotopic (exact) mass is 471 g/mol. The molecule has 9 heteroatoms. The predicted molar refractivity (Wildman–Crippen MR) is 128 cm³/mol. The van der Waals surface area contributed by atoms with Gasteiger partial charge < -0.3 is 15.4 Å². The molecule has 0 spiro atoms. The summed E-state index contributed by atoms with van der Waals surface area (Å²) >= 11 is 1.40. The second kappa shape index (κ2) is 10.3. The number of nitrogens with zero attached hydrogens (tertiary/aromatic N) is 1. The number of thiophene rings is 1. The fourth-order valence-corrected chi connectivity index (χ4v) is 5.94. The fraction of sp³-hybridized carbons (Fsp3) is 0.500. The smallest absolute Gasteiger partial charge is 0.341 e. The molecule has 0 bridgehead atoms. The predicted octanol–water partition coefficient (Wildman–Crippen LogP) is 5.71. The summed E-state index contributed by atoms with van der Waals surface area (Å²) in [5.74, 6) is -0.909. The van der Waals surface area contributed by atoms with Crippen LogP contribution in [0, 0.1) is 10.1 Å². The Balaban J connectivity index is 1.66. The van der Waals surface area contributed by atoms with Crippen LogP contribution < -0.4 is 10.6 Å². The van der Waals surface area contributed by atoms with Gasteiger partial charge in [0, 0.05) is 28.7 Å². The van der Waals surface area contributed by atoms with Crippen molar-refractivity contribution >= 4 is 39.6 Å². The maximum Gasteiger partial charge on any atom is 0.341 e. The number of carbonyl (C=O) groups excluding carboxylic acids is 2. The van der Waals surface area contributed by atoms with Gasteiger partial charge in [-0.05, 0) is 57.1 Å². The summed E-state index contributed by atoms with van der Waals surface area (Å²) in [6, 6.07) is 4.55. The first-order valence-electron chi connectivity index (χ1n) is 11.7. The number of ether oxygens (including phenoxy) is 1. The SMILES string of the molecule is CCOC(=O)c1c(NC(=O)c2cc([N+](=O)[O-])ccc2NC2CCCCC2)sc2c1CCCC2. The van der Waals surface area contributed by atoms with E-state index in [4.69, 9.17) is 4.74 Å². The zero-order valence-electron chi connectivity index (χ0n) is 18.8. The quantitative estimate of drug-likeness (QED) is 0.304. The Morgan fingerprint density at radius 2 is 1.91 bits per heavy atom. The Bertz CT molecular complexity index is 1060. The number of fused-ring (bicyclic) bond motifs is 1. The lowest BCUT2D eigenvalue weighted by molar-refractivity contribution is -0.384. The minimum atomic E-state index is -0.505. The van der Waals surface area contributed by atoms with E-state index in [0.717, 1.165) is 61.8 Å². The van der Waals surface area contributed by atoms with Crippen LogP contribution in [0.3, 0.4) is 0 Å². The molecule has 2 N–H and O–H groups in total. The molecule has 1 aromatic carbocycles. The van der Waals surface area contributed by atoms with Gasteiger partial charge in [0.25, 0.3) is 11.6 Å². The minimum absolute atomic E-state index is 0.148. The molecule has 0 radical (unpaired) electrons. The van der Waals surface area contributed by atoms with E-state index in [1.54, 1.807) is 13.0 Å². The second-order valence-electron chi connectivity index (χ2n) is 8.56. The standard InChI is InChI=1S/C24H29N3O5S/c1-2-32-24(29)21-17-10-6-7-11-20(17)33-23(21)26-22(28)18-14-16(27(30)31)12-13-19(18)25-15-8-4-3-5-9-15/h12-15,25H,2-11H2,1H3,(H,26,28). The first-order chi connectivity index (χ1) is 16.0. The van der Waals surface area contributed by atoms with Gasteiger partial charge in [0.05, 0.1) is 22.7 Å². The highest BCUT2D eigenvalue weighted by Gasteiger charge is 2.28. The van der Waals surface area contributed by atoms with Crippen LogP contribution in [0.5, 0.6) is 0 Å². The van der Waals surface area contributed by atoms with Crippen molar-refractivity contribution < 1.29 is 19.2 Å². The van der Waals surface area contributed by atoms with Crippen molar-refractivity contribution in [2.75, 3.05) is 17.2 Å². The second-order valence-corrected chi connectivity index (χ2v) is 9.66.